The lowest BCUT2D eigenvalue weighted by atomic mass is 10.1. The van der Waals surface area contributed by atoms with Crippen molar-refractivity contribution >= 4 is 11.5 Å². The first-order chi connectivity index (χ1) is 10.1. The van der Waals surface area contributed by atoms with E-state index >= 15 is 0 Å². The fourth-order valence-electron chi connectivity index (χ4n) is 1.80. The van der Waals surface area contributed by atoms with Gasteiger partial charge in [0, 0.05) is 25.3 Å². The number of benzene rings is 1. The molecule has 0 N–H and O–H groups in total. The maximum absolute atomic E-state index is 12.5. The van der Waals surface area contributed by atoms with E-state index < -0.39 is 0 Å². The van der Waals surface area contributed by atoms with E-state index in [1.54, 1.807) is 12.1 Å². The van der Waals surface area contributed by atoms with Crippen LogP contribution in [-0.4, -0.2) is 44.1 Å². The third kappa shape index (κ3) is 3.10. The molecule has 0 fully saturated rings. The number of carbonyl (C=O) groups is 1. The Kier molecular flexibility index (Phi) is 4.37. The second-order valence-electron chi connectivity index (χ2n) is 4.54. The Bertz CT molecular complexity index is 639. The molecular formula is C15H17N3O3. The number of anilines is 1. The van der Waals surface area contributed by atoms with Gasteiger partial charge in [-0.25, -0.2) is 4.98 Å². The van der Waals surface area contributed by atoms with Crippen molar-refractivity contribution in [1.82, 2.24) is 9.97 Å². The summed E-state index contributed by atoms with van der Waals surface area (Å²) in [7, 11) is 6.80. The van der Waals surface area contributed by atoms with Gasteiger partial charge in [0.25, 0.3) is 0 Å². The van der Waals surface area contributed by atoms with Gasteiger partial charge in [0.2, 0.25) is 17.5 Å². The van der Waals surface area contributed by atoms with Crippen molar-refractivity contribution in [3.05, 3.63) is 41.7 Å². The molecule has 0 bridgehead atoms. The number of carbonyl (C=O) groups excluding carboxylic acids is 1. The number of rotatable bonds is 5. The minimum absolute atomic E-state index is 0.149. The fourth-order valence-corrected chi connectivity index (χ4v) is 1.80. The van der Waals surface area contributed by atoms with Crippen molar-refractivity contribution < 1.29 is 14.3 Å². The molecule has 0 unspecified atom stereocenters. The Balaban J connectivity index is 2.35. The molecule has 1 heterocycles. The van der Waals surface area contributed by atoms with Gasteiger partial charge in [-0.05, 0) is 24.3 Å². The average molecular weight is 287 g/mol. The average Bonchev–Trinajstić information content (AvgIpc) is 2.53. The summed E-state index contributed by atoms with van der Waals surface area (Å²) >= 11 is 0. The van der Waals surface area contributed by atoms with Gasteiger partial charge in [0.1, 0.15) is 0 Å². The Hall–Kier alpha value is -2.63. The second kappa shape index (κ2) is 6.21. The van der Waals surface area contributed by atoms with Gasteiger partial charge >= 0.3 is 0 Å². The molecular weight excluding hydrogens is 270 g/mol. The summed E-state index contributed by atoms with van der Waals surface area (Å²) in [6.45, 7) is 0. The molecule has 0 saturated carbocycles. The third-order valence-electron chi connectivity index (χ3n) is 2.98. The van der Waals surface area contributed by atoms with Crippen LogP contribution in [0.25, 0.3) is 0 Å². The summed E-state index contributed by atoms with van der Waals surface area (Å²) in [6, 6.07) is 7.25. The van der Waals surface area contributed by atoms with Crippen LogP contribution in [0.3, 0.4) is 0 Å². The van der Waals surface area contributed by atoms with Crippen LogP contribution in [0.5, 0.6) is 11.8 Å². The lowest BCUT2D eigenvalue weighted by molar-refractivity contribution is 0.103. The standard InChI is InChI=1S/C15H17N3O3/c1-18(2)11-7-5-10(6-8-11)14(19)13-15(21-4)17-12(20-3)9-16-13/h5-9H,1-4H3. The topological polar surface area (TPSA) is 64.5 Å². The summed E-state index contributed by atoms with van der Waals surface area (Å²) in [5.41, 5.74) is 1.70. The SMILES string of the molecule is COc1cnc(C(=O)c2ccc(N(C)C)cc2)c(OC)n1. The van der Waals surface area contributed by atoms with Gasteiger partial charge in [-0.3, -0.25) is 4.79 Å². The highest BCUT2D eigenvalue weighted by Crippen LogP contribution is 2.21. The Morgan fingerprint density at radius 1 is 1.10 bits per heavy atom. The summed E-state index contributed by atoms with van der Waals surface area (Å²) in [5, 5.41) is 0. The van der Waals surface area contributed by atoms with E-state index in [9.17, 15) is 4.79 Å². The molecule has 2 aromatic rings. The molecule has 0 saturated heterocycles. The predicted octanol–water partition coefficient (Wildman–Crippen LogP) is 1.79. The first-order valence-electron chi connectivity index (χ1n) is 6.34. The molecule has 6 nitrogen and oxygen atoms in total. The third-order valence-corrected chi connectivity index (χ3v) is 2.98. The van der Waals surface area contributed by atoms with Crippen molar-refractivity contribution in [2.45, 2.75) is 0 Å². The lowest BCUT2D eigenvalue weighted by Gasteiger charge is -2.12. The van der Waals surface area contributed by atoms with Crippen LogP contribution >= 0.6 is 0 Å². The predicted molar refractivity (Wildman–Crippen MR) is 79.3 cm³/mol. The molecule has 0 atom stereocenters. The molecule has 2 rings (SSSR count). The van der Waals surface area contributed by atoms with Crippen molar-refractivity contribution in [3.8, 4) is 11.8 Å². The van der Waals surface area contributed by atoms with Gasteiger partial charge in [-0.2, -0.15) is 4.98 Å². The van der Waals surface area contributed by atoms with Crippen LogP contribution in [0.4, 0.5) is 5.69 Å². The number of hydrogen-bond acceptors (Lipinski definition) is 6. The first-order valence-corrected chi connectivity index (χ1v) is 6.34. The molecule has 0 aliphatic carbocycles. The number of hydrogen-bond donors (Lipinski definition) is 0. The van der Waals surface area contributed by atoms with Gasteiger partial charge in [-0.15, -0.1) is 0 Å². The van der Waals surface area contributed by atoms with E-state index in [-0.39, 0.29) is 17.4 Å². The zero-order valence-electron chi connectivity index (χ0n) is 12.5. The summed E-state index contributed by atoms with van der Waals surface area (Å²) < 4.78 is 10.1. The van der Waals surface area contributed by atoms with E-state index in [1.165, 1.54) is 20.4 Å². The zero-order chi connectivity index (χ0) is 15.4. The molecule has 110 valence electrons. The number of nitrogens with zero attached hydrogens (tertiary/aromatic N) is 3. The van der Waals surface area contributed by atoms with E-state index in [0.29, 0.717) is 11.4 Å². The van der Waals surface area contributed by atoms with E-state index in [2.05, 4.69) is 9.97 Å². The lowest BCUT2D eigenvalue weighted by Crippen LogP contribution is -2.11. The molecule has 1 aromatic heterocycles. The van der Waals surface area contributed by atoms with Crippen molar-refractivity contribution in [2.75, 3.05) is 33.2 Å². The maximum Gasteiger partial charge on any atom is 0.247 e. The molecule has 0 spiro atoms. The van der Waals surface area contributed by atoms with Gasteiger partial charge < -0.3 is 14.4 Å². The quantitative estimate of drug-likeness (QED) is 0.781. The summed E-state index contributed by atoms with van der Waals surface area (Å²) in [5.74, 6) is 0.203. The number of aromatic nitrogens is 2. The number of ketones is 1. The van der Waals surface area contributed by atoms with Crippen LogP contribution in [-0.2, 0) is 0 Å². The zero-order valence-corrected chi connectivity index (χ0v) is 12.5. The van der Waals surface area contributed by atoms with Crippen LogP contribution in [0.2, 0.25) is 0 Å². The van der Waals surface area contributed by atoms with Gasteiger partial charge in [0.05, 0.1) is 20.4 Å². The molecule has 0 aliphatic rings. The Labute approximate surface area is 123 Å². The van der Waals surface area contributed by atoms with E-state index in [4.69, 9.17) is 9.47 Å². The minimum atomic E-state index is -0.243. The minimum Gasteiger partial charge on any atom is -0.480 e. The highest BCUT2D eigenvalue weighted by atomic mass is 16.5. The van der Waals surface area contributed by atoms with Crippen molar-refractivity contribution in [1.29, 1.82) is 0 Å². The number of methoxy groups -OCH3 is 2. The normalized spacial score (nSPS) is 10.1. The second-order valence-corrected chi connectivity index (χ2v) is 4.54. The summed E-state index contributed by atoms with van der Waals surface area (Å²) in [6.07, 6.45) is 1.39. The molecule has 6 heteroatoms. The molecule has 0 aliphatic heterocycles. The largest absolute Gasteiger partial charge is 0.480 e. The van der Waals surface area contributed by atoms with Crippen molar-refractivity contribution in [3.63, 3.8) is 0 Å². The molecule has 0 amide bonds. The Morgan fingerprint density at radius 3 is 2.29 bits per heavy atom. The van der Waals surface area contributed by atoms with Gasteiger partial charge in [-0.1, -0.05) is 0 Å². The van der Waals surface area contributed by atoms with Crippen molar-refractivity contribution in [2.24, 2.45) is 0 Å². The highest BCUT2D eigenvalue weighted by molar-refractivity contribution is 6.09. The molecule has 21 heavy (non-hydrogen) atoms. The Morgan fingerprint density at radius 2 is 1.76 bits per heavy atom. The van der Waals surface area contributed by atoms with Gasteiger partial charge in [0.15, 0.2) is 5.69 Å². The first kappa shape index (κ1) is 14.8. The van der Waals surface area contributed by atoms with Crippen LogP contribution in [0, 0.1) is 0 Å². The van der Waals surface area contributed by atoms with E-state index in [1.807, 2.05) is 31.1 Å². The van der Waals surface area contributed by atoms with Crippen LogP contribution in [0.1, 0.15) is 16.1 Å². The molecule has 0 radical (unpaired) electrons. The highest BCUT2D eigenvalue weighted by Gasteiger charge is 2.18. The fraction of sp³-hybridized carbons (Fsp3) is 0.267. The summed E-state index contributed by atoms with van der Waals surface area (Å²) in [4.78, 5) is 22.6. The number of ether oxygens (including phenoxy) is 2. The molecule has 1 aromatic carbocycles. The monoisotopic (exact) mass is 287 g/mol. The smallest absolute Gasteiger partial charge is 0.247 e. The van der Waals surface area contributed by atoms with Crippen LogP contribution in [0.15, 0.2) is 30.5 Å². The maximum atomic E-state index is 12.5. The van der Waals surface area contributed by atoms with E-state index in [0.717, 1.165) is 5.69 Å². The van der Waals surface area contributed by atoms with Crippen LogP contribution < -0.4 is 14.4 Å².